The van der Waals surface area contributed by atoms with Crippen LogP contribution >= 0.6 is 11.6 Å². The van der Waals surface area contributed by atoms with E-state index in [-0.39, 0.29) is 22.9 Å². The Morgan fingerprint density at radius 2 is 2.03 bits per heavy atom. The molecule has 0 fully saturated rings. The highest BCUT2D eigenvalue weighted by Crippen LogP contribution is 2.31. The smallest absolute Gasteiger partial charge is 0.278 e. The number of halogens is 4. The summed E-state index contributed by atoms with van der Waals surface area (Å²) in [6.45, 7) is 0.105. The molecule has 0 radical (unpaired) electrons. The van der Waals surface area contributed by atoms with Gasteiger partial charge < -0.3 is 9.84 Å². The standard InChI is InChI=1S/C27H23ClF3N5O3/c1-27(2,38)21-8-9-35(34-21)25-23(31)24-15(12-33-25)6-4-3-5-7-17-11-20(22(28)26(37)36(17)24)39-14-19-18(30)10-16(29)13-32-19/h5,7-13,38H,3-4,6,14H2,1-2H3/b7-5+/i14D2. The van der Waals surface area contributed by atoms with Gasteiger partial charge in [-0.15, -0.1) is 0 Å². The minimum atomic E-state index is -2.95. The second kappa shape index (κ2) is 10.3. The van der Waals surface area contributed by atoms with Gasteiger partial charge in [-0.2, -0.15) is 5.10 Å². The van der Waals surface area contributed by atoms with Crippen molar-refractivity contribution in [1.82, 2.24) is 24.3 Å². The van der Waals surface area contributed by atoms with E-state index in [0.29, 0.717) is 37.1 Å². The Labute approximate surface area is 228 Å². The minimum Gasteiger partial charge on any atom is -0.485 e. The molecule has 4 aromatic heterocycles. The van der Waals surface area contributed by atoms with E-state index in [4.69, 9.17) is 19.1 Å². The third kappa shape index (κ3) is 5.19. The van der Waals surface area contributed by atoms with Crippen LogP contribution in [0.2, 0.25) is 5.02 Å². The summed E-state index contributed by atoms with van der Waals surface area (Å²) in [7, 11) is 0. The molecule has 12 heteroatoms. The van der Waals surface area contributed by atoms with Crippen molar-refractivity contribution in [3.63, 3.8) is 0 Å². The summed E-state index contributed by atoms with van der Waals surface area (Å²) >= 11 is 6.35. The van der Waals surface area contributed by atoms with E-state index >= 15 is 4.39 Å². The van der Waals surface area contributed by atoms with Crippen molar-refractivity contribution in [2.45, 2.75) is 45.3 Å². The van der Waals surface area contributed by atoms with Gasteiger partial charge in [0.15, 0.2) is 17.5 Å². The van der Waals surface area contributed by atoms with Gasteiger partial charge in [-0.1, -0.05) is 17.7 Å². The molecule has 39 heavy (non-hydrogen) atoms. The second-order valence-electron chi connectivity index (χ2n) is 9.34. The number of rotatable bonds is 5. The predicted octanol–water partition coefficient (Wildman–Crippen LogP) is 5.04. The lowest BCUT2D eigenvalue weighted by Gasteiger charge is -2.19. The topological polar surface area (TPSA) is 95.1 Å². The molecule has 1 aliphatic heterocycles. The second-order valence-corrected chi connectivity index (χ2v) is 9.72. The lowest BCUT2D eigenvalue weighted by atomic mass is 10.1. The summed E-state index contributed by atoms with van der Waals surface area (Å²) in [5.41, 5.74) is -2.45. The lowest BCUT2D eigenvalue weighted by molar-refractivity contribution is 0.0734. The van der Waals surface area contributed by atoms with Crippen molar-refractivity contribution in [3.05, 3.63) is 98.3 Å². The minimum absolute atomic E-state index is 0.0922. The number of aromatic nitrogens is 5. The number of nitrogens with zero attached hydrogens (tertiary/aromatic N) is 5. The van der Waals surface area contributed by atoms with Gasteiger partial charge in [0.2, 0.25) is 0 Å². The predicted molar refractivity (Wildman–Crippen MR) is 138 cm³/mol. The number of pyridine rings is 3. The van der Waals surface area contributed by atoms with E-state index in [1.807, 2.05) is 0 Å². The van der Waals surface area contributed by atoms with Crippen LogP contribution in [0.1, 0.15) is 52.1 Å². The molecule has 1 N–H and O–H groups in total. The van der Waals surface area contributed by atoms with Crippen LogP contribution in [0.4, 0.5) is 13.2 Å². The van der Waals surface area contributed by atoms with Gasteiger partial charge in [-0.3, -0.25) is 14.3 Å². The Morgan fingerprint density at radius 1 is 1.23 bits per heavy atom. The van der Waals surface area contributed by atoms with Crippen molar-refractivity contribution >= 4 is 17.7 Å². The average molecular weight is 560 g/mol. The highest BCUT2D eigenvalue weighted by Gasteiger charge is 2.26. The Hall–Kier alpha value is -3.96. The van der Waals surface area contributed by atoms with Gasteiger partial charge in [-0.05, 0) is 50.8 Å². The van der Waals surface area contributed by atoms with Gasteiger partial charge in [-0.25, -0.2) is 22.8 Å². The summed E-state index contributed by atoms with van der Waals surface area (Å²) in [5.74, 6) is -3.88. The fourth-order valence-electron chi connectivity index (χ4n) is 4.07. The fourth-order valence-corrected chi connectivity index (χ4v) is 4.25. The summed E-state index contributed by atoms with van der Waals surface area (Å²) in [4.78, 5) is 21.3. The maximum Gasteiger partial charge on any atom is 0.278 e. The SMILES string of the molecule is [2H]C([2H])(Oc1cc2n(c(=O)c1Cl)-c1c(cnc(-n3ccc(C(C)(C)O)n3)c1F)CCC/C=C/2)c1ncc(F)cc1F. The number of hydrogen-bond acceptors (Lipinski definition) is 6. The molecular weight excluding hydrogens is 535 g/mol. The quantitative estimate of drug-likeness (QED) is 0.368. The first-order valence-corrected chi connectivity index (χ1v) is 12.2. The van der Waals surface area contributed by atoms with E-state index in [1.165, 1.54) is 44.4 Å². The number of ether oxygens (including phenoxy) is 1. The van der Waals surface area contributed by atoms with E-state index in [0.717, 1.165) is 9.25 Å². The van der Waals surface area contributed by atoms with Crippen LogP contribution in [0.5, 0.6) is 5.75 Å². The maximum absolute atomic E-state index is 16.3. The molecule has 0 saturated heterocycles. The molecule has 202 valence electrons. The van der Waals surface area contributed by atoms with Crippen LogP contribution in [0.3, 0.4) is 0 Å². The van der Waals surface area contributed by atoms with Crippen LogP contribution < -0.4 is 10.3 Å². The zero-order valence-electron chi connectivity index (χ0n) is 22.8. The molecule has 8 nitrogen and oxygen atoms in total. The van der Waals surface area contributed by atoms with Crippen LogP contribution in [-0.2, 0) is 18.6 Å². The van der Waals surface area contributed by atoms with Crippen LogP contribution in [-0.4, -0.2) is 29.4 Å². The molecule has 0 unspecified atom stereocenters. The normalized spacial score (nSPS) is 15.3. The molecule has 4 aromatic rings. The molecule has 5 rings (SSSR count). The lowest BCUT2D eigenvalue weighted by Crippen LogP contribution is -2.25. The van der Waals surface area contributed by atoms with Gasteiger partial charge in [0.05, 0.1) is 26.0 Å². The maximum atomic E-state index is 16.3. The molecular formula is C27H23ClF3N5O3. The van der Waals surface area contributed by atoms with Gasteiger partial charge >= 0.3 is 0 Å². The highest BCUT2D eigenvalue weighted by molar-refractivity contribution is 6.31. The Bertz CT molecular complexity index is 1750. The summed E-state index contributed by atoms with van der Waals surface area (Å²) in [6.07, 6.45) is 8.31. The number of hydrogen-bond donors (Lipinski definition) is 1. The molecule has 0 bridgehead atoms. The Kier molecular flexibility index (Phi) is 6.37. The average Bonchev–Trinajstić information content (AvgIpc) is 3.40. The van der Waals surface area contributed by atoms with Crippen molar-refractivity contribution in [3.8, 4) is 17.3 Å². The number of aryl methyl sites for hydroxylation is 1. The van der Waals surface area contributed by atoms with E-state index in [1.54, 1.807) is 6.08 Å². The van der Waals surface area contributed by atoms with Crippen molar-refractivity contribution < 1.29 is 25.8 Å². The summed E-state index contributed by atoms with van der Waals surface area (Å²) in [6, 6.07) is 3.18. The van der Waals surface area contributed by atoms with Gasteiger partial charge in [0, 0.05) is 24.5 Å². The third-order valence-corrected chi connectivity index (χ3v) is 6.37. The largest absolute Gasteiger partial charge is 0.485 e. The first kappa shape index (κ1) is 24.1. The molecule has 0 atom stereocenters. The Balaban J connectivity index is 1.67. The molecule has 0 spiro atoms. The van der Waals surface area contributed by atoms with Crippen LogP contribution in [0.25, 0.3) is 17.6 Å². The van der Waals surface area contributed by atoms with Crippen molar-refractivity contribution in [1.29, 1.82) is 0 Å². The van der Waals surface area contributed by atoms with Crippen molar-refractivity contribution in [2.24, 2.45) is 0 Å². The van der Waals surface area contributed by atoms with E-state index < -0.39 is 51.6 Å². The zero-order chi connectivity index (χ0) is 29.7. The molecule has 0 aromatic carbocycles. The molecule has 5 heterocycles. The van der Waals surface area contributed by atoms with Crippen molar-refractivity contribution in [2.75, 3.05) is 0 Å². The monoisotopic (exact) mass is 559 g/mol. The number of allylic oxidation sites excluding steroid dienone is 1. The summed E-state index contributed by atoms with van der Waals surface area (Å²) in [5, 5.41) is 13.9. The fraction of sp³-hybridized carbons (Fsp3) is 0.259. The summed E-state index contributed by atoms with van der Waals surface area (Å²) < 4.78 is 67.8. The first-order valence-electron chi connectivity index (χ1n) is 12.9. The highest BCUT2D eigenvalue weighted by atomic mass is 35.5. The molecule has 1 aliphatic rings. The molecule has 0 amide bonds. The molecule has 0 saturated carbocycles. The van der Waals surface area contributed by atoms with Gasteiger partial charge in [0.1, 0.15) is 34.4 Å². The molecule has 0 aliphatic carbocycles. The first-order chi connectivity index (χ1) is 19.3. The van der Waals surface area contributed by atoms with E-state index in [2.05, 4.69) is 15.1 Å². The van der Waals surface area contributed by atoms with Gasteiger partial charge in [0.25, 0.3) is 5.56 Å². The van der Waals surface area contributed by atoms with E-state index in [9.17, 15) is 18.7 Å². The number of fused-ring (bicyclic) bond motifs is 3. The number of aliphatic hydroxyl groups is 1. The van der Waals surface area contributed by atoms with Crippen LogP contribution in [0.15, 0.2) is 47.7 Å². The van der Waals surface area contributed by atoms with Crippen LogP contribution in [0, 0.1) is 17.5 Å². The Morgan fingerprint density at radius 3 is 2.74 bits per heavy atom. The zero-order valence-corrected chi connectivity index (χ0v) is 21.5. The third-order valence-electron chi connectivity index (χ3n) is 6.02.